The maximum Gasteiger partial charge on any atom is 0.317 e. The van der Waals surface area contributed by atoms with Gasteiger partial charge < -0.3 is 24.8 Å². The highest BCUT2D eigenvalue weighted by molar-refractivity contribution is 5.79. The lowest BCUT2D eigenvalue weighted by molar-refractivity contribution is -0.148. The molecule has 0 bridgehead atoms. The van der Waals surface area contributed by atoms with Crippen LogP contribution in [0.25, 0.3) is 0 Å². The van der Waals surface area contributed by atoms with Crippen molar-refractivity contribution < 1.29 is 24.2 Å². The number of methoxy groups -OCH3 is 1. The number of ether oxygens (including phenoxy) is 2. The van der Waals surface area contributed by atoms with Crippen molar-refractivity contribution in [2.45, 2.75) is 13.0 Å². The fourth-order valence-electron chi connectivity index (χ4n) is 1.67. The van der Waals surface area contributed by atoms with Gasteiger partial charge in [0.2, 0.25) is 0 Å². The summed E-state index contributed by atoms with van der Waals surface area (Å²) in [4.78, 5) is 24.5. The summed E-state index contributed by atoms with van der Waals surface area (Å²) in [6.45, 7) is 2.77. The Balaban J connectivity index is 2.56. The van der Waals surface area contributed by atoms with E-state index >= 15 is 0 Å². The van der Waals surface area contributed by atoms with Crippen LogP contribution in [0.3, 0.4) is 0 Å². The van der Waals surface area contributed by atoms with Gasteiger partial charge in [-0.05, 0) is 6.92 Å². The number of carbonyl (C=O) groups excluding carboxylic acids is 1. The van der Waals surface area contributed by atoms with Crippen LogP contribution in [-0.2, 0) is 14.3 Å². The van der Waals surface area contributed by atoms with Crippen LogP contribution in [0.2, 0.25) is 0 Å². The molecule has 2 atom stereocenters. The molecule has 0 aromatic carbocycles. The second-order valence-electron chi connectivity index (χ2n) is 4.65. The van der Waals surface area contributed by atoms with Gasteiger partial charge in [0.05, 0.1) is 25.9 Å². The number of likely N-dealkylation sites (N-methyl/N-ethyl adjacent to an activating group) is 1. The average molecular weight is 260 g/mol. The highest BCUT2D eigenvalue weighted by Crippen LogP contribution is 2.28. The van der Waals surface area contributed by atoms with E-state index < -0.39 is 17.4 Å². The Labute approximate surface area is 106 Å². The summed E-state index contributed by atoms with van der Waals surface area (Å²) in [5.41, 5.74) is -1.07. The topological polar surface area (TPSA) is 88.1 Å². The molecule has 1 heterocycles. The third-order valence-electron chi connectivity index (χ3n) is 3.22. The van der Waals surface area contributed by atoms with Crippen molar-refractivity contribution in [1.29, 1.82) is 0 Å². The molecule has 0 radical (unpaired) electrons. The normalized spacial score (nSPS) is 26.9. The zero-order valence-electron chi connectivity index (χ0n) is 10.9. The summed E-state index contributed by atoms with van der Waals surface area (Å²) in [5.74, 6) is -0.968. The molecule has 0 aromatic rings. The lowest BCUT2D eigenvalue weighted by Gasteiger charge is -2.27. The SMILES string of the molecule is COCCN(C)C(=O)NC1COCC1(C)C(=O)O. The third kappa shape index (κ3) is 3.11. The van der Waals surface area contributed by atoms with E-state index in [4.69, 9.17) is 9.47 Å². The molecule has 1 fully saturated rings. The molecule has 2 unspecified atom stereocenters. The molecule has 1 aliphatic rings. The van der Waals surface area contributed by atoms with E-state index in [-0.39, 0.29) is 19.2 Å². The van der Waals surface area contributed by atoms with Crippen molar-refractivity contribution in [2.75, 3.05) is 40.5 Å². The summed E-state index contributed by atoms with van der Waals surface area (Å²) in [5, 5.41) is 11.9. The number of nitrogens with one attached hydrogen (secondary N) is 1. The Hall–Kier alpha value is -1.34. The van der Waals surface area contributed by atoms with Gasteiger partial charge in [0.1, 0.15) is 5.41 Å². The molecule has 7 heteroatoms. The number of hydrogen-bond acceptors (Lipinski definition) is 4. The smallest absolute Gasteiger partial charge is 0.317 e. The molecule has 0 aromatic heterocycles. The van der Waals surface area contributed by atoms with Crippen LogP contribution in [0.5, 0.6) is 0 Å². The molecule has 1 aliphatic heterocycles. The van der Waals surface area contributed by atoms with Crippen molar-refractivity contribution in [2.24, 2.45) is 5.41 Å². The van der Waals surface area contributed by atoms with Gasteiger partial charge in [0.15, 0.2) is 0 Å². The number of carbonyl (C=O) groups is 2. The molecule has 104 valence electrons. The lowest BCUT2D eigenvalue weighted by atomic mass is 9.85. The fourth-order valence-corrected chi connectivity index (χ4v) is 1.67. The van der Waals surface area contributed by atoms with Gasteiger partial charge in [0, 0.05) is 20.7 Å². The standard InChI is InChI=1S/C11H20N2O5/c1-11(9(14)15)7-18-6-8(11)12-10(16)13(2)4-5-17-3/h8H,4-7H2,1-3H3,(H,12,16)(H,14,15). The van der Waals surface area contributed by atoms with E-state index in [0.717, 1.165) is 0 Å². The molecular weight excluding hydrogens is 240 g/mol. The molecular formula is C11H20N2O5. The Bertz CT molecular complexity index is 323. The lowest BCUT2D eigenvalue weighted by Crippen LogP contribution is -2.53. The predicted molar refractivity (Wildman–Crippen MR) is 63.4 cm³/mol. The first-order chi connectivity index (χ1) is 8.41. The van der Waals surface area contributed by atoms with Gasteiger partial charge in [0.25, 0.3) is 0 Å². The summed E-state index contributed by atoms with van der Waals surface area (Å²) >= 11 is 0. The zero-order chi connectivity index (χ0) is 13.8. The maximum absolute atomic E-state index is 11.8. The van der Waals surface area contributed by atoms with Crippen LogP contribution in [0.1, 0.15) is 6.92 Å². The molecule has 7 nitrogen and oxygen atoms in total. The van der Waals surface area contributed by atoms with Crippen LogP contribution in [0.4, 0.5) is 4.79 Å². The number of aliphatic carboxylic acids is 1. The first-order valence-corrected chi connectivity index (χ1v) is 5.73. The minimum atomic E-state index is -1.07. The van der Waals surface area contributed by atoms with Crippen LogP contribution in [-0.4, -0.2) is 68.6 Å². The van der Waals surface area contributed by atoms with Crippen molar-refractivity contribution in [3.63, 3.8) is 0 Å². The number of carboxylic acids is 1. The van der Waals surface area contributed by atoms with Crippen LogP contribution in [0, 0.1) is 5.41 Å². The van der Waals surface area contributed by atoms with Crippen molar-refractivity contribution in [3.8, 4) is 0 Å². The number of rotatable bonds is 5. The highest BCUT2D eigenvalue weighted by Gasteiger charge is 2.47. The average Bonchev–Trinajstić information content (AvgIpc) is 2.69. The minimum absolute atomic E-state index is 0.106. The Morgan fingerprint density at radius 1 is 1.61 bits per heavy atom. The first kappa shape index (κ1) is 14.7. The second-order valence-corrected chi connectivity index (χ2v) is 4.65. The fraction of sp³-hybridized carbons (Fsp3) is 0.818. The highest BCUT2D eigenvalue weighted by atomic mass is 16.5. The first-order valence-electron chi connectivity index (χ1n) is 5.73. The van der Waals surface area contributed by atoms with E-state index in [1.54, 1.807) is 21.1 Å². The van der Waals surface area contributed by atoms with Gasteiger partial charge in [-0.1, -0.05) is 0 Å². The van der Waals surface area contributed by atoms with E-state index in [2.05, 4.69) is 5.32 Å². The minimum Gasteiger partial charge on any atom is -0.481 e. The Morgan fingerprint density at radius 2 is 2.28 bits per heavy atom. The number of amides is 2. The van der Waals surface area contributed by atoms with Crippen LogP contribution >= 0.6 is 0 Å². The van der Waals surface area contributed by atoms with Crippen LogP contribution < -0.4 is 5.32 Å². The summed E-state index contributed by atoms with van der Waals surface area (Å²) in [7, 11) is 3.18. The quantitative estimate of drug-likeness (QED) is 0.712. The molecule has 2 amide bonds. The van der Waals surface area contributed by atoms with Gasteiger partial charge in [-0.25, -0.2) is 4.79 Å². The number of urea groups is 1. The second kappa shape index (κ2) is 6.01. The molecule has 0 spiro atoms. The molecule has 2 N–H and O–H groups in total. The third-order valence-corrected chi connectivity index (χ3v) is 3.22. The molecule has 18 heavy (non-hydrogen) atoms. The van der Waals surface area contributed by atoms with Gasteiger partial charge in [-0.3, -0.25) is 4.79 Å². The molecule has 0 saturated carbocycles. The number of hydrogen-bond donors (Lipinski definition) is 2. The molecule has 0 aliphatic carbocycles. The Kier molecular flexibility index (Phi) is 4.92. The van der Waals surface area contributed by atoms with Crippen molar-refractivity contribution in [3.05, 3.63) is 0 Å². The number of nitrogens with zero attached hydrogens (tertiary/aromatic N) is 1. The van der Waals surface area contributed by atoms with Crippen molar-refractivity contribution in [1.82, 2.24) is 10.2 Å². The summed E-state index contributed by atoms with van der Waals surface area (Å²) < 4.78 is 10.0. The van der Waals surface area contributed by atoms with Crippen LogP contribution in [0.15, 0.2) is 0 Å². The largest absolute Gasteiger partial charge is 0.481 e. The molecule has 1 rings (SSSR count). The molecule has 1 saturated heterocycles. The maximum atomic E-state index is 11.8. The monoisotopic (exact) mass is 260 g/mol. The van der Waals surface area contributed by atoms with Crippen molar-refractivity contribution >= 4 is 12.0 Å². The van der Waals surface area contributed by atoms with Gasteiger partial charge >= 0.3 is 12.0 Å². The Morgan fingerprint density at radius 3 is 2.83 bits per heavy atom. The zero-order valence-corrected chi connectivity index (χ0v) is 10.9. The number of carboxylic acid groups (broad SMARTS) is 1. The summed E-state index contributed by atoms with van der Waals surface area (Å²) in [6, 6.07) is -0.845. The van der Waals surface area contributed by atoms with Gasteiger partial charge in [-0.2, -0.15) is 0 Å². The summed E-state index contributed by atoms with van der Waals surface area (Å²) in [6.07, 6.45) is 0. The van der Waals surface area contributed by atoms with E-state index in [9.17, 15) is 14.7 Å². The van der Waals surface area contributed by atoms with E-state index in [1.807, 2.05) is 0 Å². The predicted octanol–water partition coefficient (Wildman–Crippen LogP) is -0.236. The van der Waals surface area contributed by atoms with Gasteiger partial charge in [-0.15, -0.1) is 0 Å². The van der Waals surface area contributed by atoms with E-state index in [1.165, 1.54) is 4.90 Å². The van der Waals surface area contributed by atoms with E-state index in [0.29, 0.717) is 13.2 Å².